The molecule has 0 radical (unpaired) electrons. The fourth-order valence-corrected chi connectivity index (χ4v) is 3.02. The lowest BCUT2D eigenvalue weighted by atomic mass is 10.2. The Hall–Kier alpha value is -1.97. The molecule has 0 saturated heterocycles. The first kappa shape index (κ1) is 19.4. The van der Waals surface area contributed by atoms with Crippen LogP contribution >= 0.6 is 39.5 Å². The number of amides is 2. The topological polar surface area (TPSA) is 79.5 Å². The number of hydrogen-bond donors (Lipinski definition) is 3. The normalized spacial score (nSPS) is 10.0. The molecule has 0 aliphatic rings. The molecule has 0 aliphatic carbocycles. The van der Waals surface area contributed by atoms with Crippen molar-refractivity contribution in [2.24, 2.45) is 0 Å². The van der Waals surface area contributed by atoms with Gasteiger partial charge in [0.25, 0.3) is 11.8 Å². The van der Waals surface area contributed by atoms with Crippen molar-refractivity contribution in [1.82, 2.24) is 16.2 Å². The minimum absolute atomic E-state index is 0.00246. The fraction of sp³-hybridized carbons (Fsp3) is 0.188. The predicted octanol–water partition coefficient (Wildman–Crippen LogP) is 3.25. The van der Waals surface area contributed by atoms with Crippen molar-refractivity contribution in [3.8, 4) is 5.75 Å². The number of nitrogens with one attached hydrogen (secondary N) is 3. The summed E-state index contributed by atoms with van der Waals surface area (Å²) in [6, 6.07) is 8.45. The molecule has 1 aromatic carbocycles. The highest BCUT2D eigenvalue weighted by molar-refractivity contribution is 9.10. The Morgan fingerprint density at radius 3 is 2.68 bits per heavy atom. The minimum Gasteiger partial charge on any atom is -0.492 e. The lowest BCUT2D eigenvalue weighted by Crippen LogP contribution is -2.48. The average molecular weight is 442 g/mol. The second-order valence-corrected chi connectivity index (χ2v) is 7.04. The van der Waals surface area contributed by atoms with Gasteiger partial charge in [0.15, 0.2) is 5.11 Å². The van der Waals surface area contributed by atoms with Crippen molar-refractivity contribution in [2.75, 3.05) is 6.61 Å². The number of halogens is 1. The van der Waals surface area contributed by atoms with Crippen LogP contribution in [0.3, 0.4) is 0 Å². The first-order valence-corrected chi connectivity index (χ1v) is 9.47. The van der Waals surface area contributed by atoms with Crippen LogP contribution in [0.2, 0.25) is 0 Å². The number of ether oxygens (including phenoxy) is 1. The summed E-state index contributed by atoms with van der Waals surface area (Å²) in [6.07, 6.45) is 0.895. The summed E-state index contributed by atoms with van der Waals surface area (Å²) in [7, 11) is 0. The highest BCUT2D eigenvalue weighted by Gasteiger charge is 2.12. The summed E-state index contributed by atoms with van der Waals surface area (Å²) in [4.78, 5) is 24.5. The largest absolute Gasteiger partial charge is 0.492 e. The van der Waals surface area contributed by atoms with Crippen molar-refractivity contribution >= 4 is 56.4 Å². The van der Waals surface area contributed by atoms with Crippen LogP contribution in [0.4, 0.5) is 0 Å². The number of thiocarbonyl (C=S) groups is 1. The van der Waals surface area contributed by atoms with Gasteiger partial charge in [-0.25, -0.2) is 0 Å². The standard InChI is InChI=1S/C16H16BrN3O3S2/c1-2-7-23-12-6-5-10(9-11(12)17)14(21)18-16(24)20-19-15(22)13-4-3-8-25-13/h3-6,8-9H,2,7H2,1H3,(H,19,22)(H2,18,20,21,24). The third-order valence-corrected chi connectivity index (χ3v) is 4.61. The van der Waals surface area contributed by atoms with E-state index in [0.717, 1.165) is 6.42 Å². The number of thiophene rings is 1. The molecule has 0 bridgehead atoms. The molecule has 9 heteroatoms. The fourth-order valence-electron chi connectivity index (χ4n) is 1.76. The van der Waals surface area contributed by atoms with E-state index in [2.05, 4.69) is 32.1 Å². The monoisotopic (exact) mass is 441 g/mol. The predicted molar refractivity (Wildman–Crippen MR) is 105 cm³/mol. The first-order valence-electron chi connectivity index (χ1n) is 7.38. The van der Waals surface area contributed by atoms with Gasteiger partial charge in [-0.3, -0.25) is 25.8 Å². The van der Waals surface area contributed by atoms with Gasteiger partial charge in [0, 0.05) is 5.56 Å². The summed E-state index contributed by atoms with van der Waals surface area (Å²) in [5.74, 6) is -0.0558. The molecule has 0 spiro atoms. The molecule has 6 nitrogen and oxygen atoms in total. The van der Waals surface area contributed by atoms with Gasteiger partial charge in [0.05, 0.1) is 16.0 Å². The zero-order valence-electron chi connectivity index (χ0n) is 13.3. The van der Waals surface area contributed by atoms with Crippen LogP contribution in [0.5, 0.6) is 5.75 Å². The highest BCUT2D eigenvalue weighted by Crippen LogP contribution is 2.26. The number of hydrazine groups is 1. The smallest absolute Gasteiger partial charge is 0.279 e. The van der Waals surface area contributed by atoms with Crippen LogP contribution in [-0.4, -0.2) is 23.5 Å². The molecular formula is C16H16BrN3O3S2. The maximum absolute atomic E-state index is 12.2. The lowest BCUT2D eigenvalue weighted by Gasteiger charge is -2.11. The highest BCUT2D eigenvalue weighted by atomic mass is 79.9. The van der Waals surface area contributed by atoms with Crippen molar-refractivity contribution in [2.45, 2.75) is 13.3 Å². The molecule has 0 aliphatic heterocycles. The van der Waals surface area contributed by atoms with Gasteiger partial charge in [-0.15, -0.1) is 11.3 Å². The Labute approximate surface area is 163 Å². The lowest BCUT2D eigenvalue weighted by molar-refractivity contribution is 0.0938. The maximum atomic E-state index is 12.2. The quantitative estimate of drug-likeness (QED) is 0.490. The van der Waals surface area contributed by atoms with Crippen molar-refractivity contribution in [3.05, 3.63) is 50.6 Å². The van der Waals surface area contributed by atoms with E-state index in [1.807, 2.05) is 6.92 Å². The van der Waals surface area contributed by atoms with Gasteiger partial charge in [-0.1, -0.05) is 13.0 Å². The first-order chi connectivity index (χ1) is 12.0. The van der Waals surface area contributed by atoms with E-state index in [0.29, 0.717) is 27.3 Å². The molecule has 1 aromatic heterocycles. The van der Waals surface area contributed by atoms with Gasteiger partial charge in [-0.05, 0) is 64.2 Å². The Morgan fingerprint density at radius 2 is 2.04 bits per heavy atom. The van der Waals surface area contributed by atoms with Crippen molar-refractivity contribution < 1.29 is 14.3 Å². The Bertz CT molecular complexity index is 766. The van der Waals surface area contributed by atoms with Crippen LogP contribution in [0.25, 0.3) is 0 Å². The molecular weight excluding hydrogens is 426 g/mol. The summed E-state index contributed by atoms with van der Waals surface area (Å²) in [5.41, 5.74) is 5.32. The summed E-state index contributed by atoms with van der Waals surface area (Å²) < 4.78 is 6.22. The van der Waals surface area contributed by atoms with Crippen molar-refractivity contribution in [3.63, 3.8) is 0 Å². The van der Waals surface area contributed by atoms with Gasteiger partial charge in [0.2, 0.25) is 0 Å². The Kier molecular flexibility index (Phi) is 7.35. The van der Waals surface area contributed by atoms with E-state index in [4.69, 9.17) is 17.0 Å². The zero-order chi connectivity index (χ0) is 18.2. The second-order valence-electron chi connectivity index (χ2n) is 4.83. The third-order valence-electron chi connectivity index (χ3n) is 2.92. The van der Waals surface area contributed by atoms with Gasteiger partial charge < -0.3 is 4.74 Å². The van der Waals surface area contributed by atoms with E-state index in [1.54, 1.807) is 35.7 Å². The van der Waals surface area contributed by atoms with Gasteiger partial charge >= 0.3 is 0 Å². The Morgan fingerprint density at radius 1 is 1.24 bits per heavy atom. The number of carbonyl (C=O) groups is 2. The van der Waals surface area contributed by atoms with E-state index in [-0.39, 0.29) is 11.0 Å². The molecule has 2 aromatic rings. The molecule has 25 heavy (non-hydrogen) atoms. The van der Waals surface area contributed by atoms with Crippen molar-refractivity contribution in [1.29, 1.82) is 0 Å². The van der Waals surface area contributed by atoms with Gasteiger partial charge in [0.1, 0.15) is 5.75 Å². The number of carbonyl (C=O) groups excluding carboxylic acids is 2. The Balaban J connectivity index is 1.87. The van der Waals surface area contributed by atoms with E-state index >= 15 is 0 Å². The summed E-state index contributed by atoms with van der Waals surface area (Å²) in [6.45, 7) is 2.61. The molecule has 1 heterocycles. The average Bonchev–Trinajstić information content (AvgIpc) is 3.13. The zero-order valence-corrected chi connectivity index (χ0v) is 16.5. The van der Waals surface area contributed by atoms with Crippen LogP contribution in [0.1, 0.15) is 33.4 Å². The van der Waals surface area contributed by atoms with Crippen LogP contribution in [-0.2, 0) is 0 Å². The molecule has 2 amide bonds. The molecule has 0 atom stereocenters. The van der Waals surface area contributed by atoms with E-state index in [1.165, 1.54) is 11.3 Å². The van der Waals surface area contributed by atoms with Crippen LogP contribution in [0, 0.1) is 0 Å². The maximum Gasteiger partial charge on any atom is 0.279 e. The molecule has 2 rings (SSSR count). The number of rotatable bonds is 5. The SMILES string of the molecule is CCCOc1ccc(C(=O)NC(=S)NNC(=O)c2cccs2)cc1Br. The second kappa shape index (κ2) is 9.50. The molecule has 3 N–H and O–H groups in total. The third kappa shape index (κ3) is 5.80. The summed E-state index contributed by atoms with van der Waals surface area (Å²) >= 11 is 9.68. The van der Waals surface area contributed by atoms with E-state index in [9.17, 15) is 9.59 Å². The number of hydrogen-bond acceptors (Lipinski definition) is 5. The molecule has 0 unspecified atom stereocenters. The molecule has 0 fully saturated rings. The summed E-state index contributed by atoms with van der Waals surface area (Å²) in [5, 5.41) is 4.29. The van der Waals surface area contributed by atoms with E-state index < -0.39 is 5.91 Å². The minimum atomic E-state index is -0.398. The molecule has 0 saturated carbocycles. The van der Waals surface area contributed by atoms with Crippen LogP contribution < -0.4 is 20.9 Å². The van der Waals surface area contributed by atoms with Gasteiger partial charge in [-0.2, -0.15) is 0 Å². The van der Waals surface area contributed by atoms with Crippen LogP contribution in [0.15, 0.2) is 40.2 Å². The number of benzene rings is 1. The molecule has 132 valence electrons.